The average Bonchev–Trinajstić information content (AvgIpc) is 2.37. The highest BCUT2D eigenvalue weighted by Gasteiger charge is 2.23. The van der Waals surface area contributed by atoms with Crippen molar-refractivity contribution >= 4 is 31.9 Å². The van der Waals surface area contributed by atoms with Crippen molar-refractivity contribution in [3.8, 4) is 0 Å². The molecule has 1 aromatic rings. The zero-order valence-corrected chi connectivity index (χ0v) is 13.8. The number of halogens is 2. The summed E-state index contributed by atoms with van der Waals surface area (Å²) in [5, 5.41) is 5.01. The maximum atomic E-state index is 13.7. The summed E-state index contributed by atoms with van der Waals surface area (Å²) in [7, 11) is -2.54. The highest BCUT2D eigenvalue weighted by atomic mass is 79.9. The zero-order valence-electron chi connectivity index (χ0n) is 11.4. The second kappa shape index (κ2) is 6.19. The predicted molar refractivity (Wildman–Crippen MR) is 77.3 cm³/mol. The fourth-order valence-corrected chi connectivity index (χ4v) is 3.12. The Morgan fingerprint density at radius 3 is 2.50 bits per heavy atom. The molecule has 0 radical (unpaired) electrons. The van der Waals surface area contributed by atoms with Crippen LogP contribution in [0.4, 0.5) is 4.39 Å². The average molecular weight is 367 g/mol. The molecule has 112 valence electrons. The van der Waals surface area contributed by atoms with E-state index in [1.165, 1.54) is 4.90 Å². The van der Waals surface area contributed by atoms with Crippen LogP contribution in [0.5, 0.6) is 0 Å². The van der Waals surface area contributed by atoms with Gasteiger partial charge in [0.2, 0.25) is 10.0 Å². The van der Waals surface area contributed by atoms with Gasteiger partial charge in [-0.25, -0.2) is 17.9 Å². The molecule has 0 spiro atoms. The highest BCUT2D eigenvalue weighted by Crippen LogP contribution is 2.26. The van der Waals surface area contributed by atoms with Crippen molar-refractivity contribution in [1.29, 1.82) is 0 Å². The van der Waals surface area contributed by atoms with Crippen LogP contribution in [0.15, 0.2) is 21.5 Å². The number of benzene rings is 1. The zero-order chi connectivity index (χ0) is 15.7. The first-order valence-electron chi connectivity index (χ1n) is 5.88. The Morgan fingerprint density at radius 2 is 2.05 bits per heavy atom. The molecule has 0 aromatic heterocycles. The van der Waals surface area contributed by atoms with Crippen LogP contribution in [-0.4, -0.2) is 32.3 Å². The van der Waals surface area contributed by atoms with Gasteiger partial charge >= 0.3 is 0 Å². The van der Waals surface area contributed by atoms with Crippen molar-refractivity contribution in [1.82, 2.24) is 4.90 Å². The SMILES string of the molecule is CCC(C)N(C)C(=O)c1cc(F)c(Br)c(S(N)(=O)=O)c1. The van der Waals surface area contributed by atoms with Gasteiger partial charge in [-0.3, -0.25) is 4.79 Å². The van der Waals surface area contributed by atoms with Crippen LogP contribution >= 0.6 is 15.9 Å². The topological polar surface area (TPSA) is 80.5 Å². The van der Waals surface area contributed by atoms with E-state index in [1.54, 1.807) is 7.05 Å². The van der Waals surface area contributed by atoms with Crippen molar-refractivity contribution in [2.75, 3.05) is 7.05 Å². The molecule has 20 heavy (non-hydrogen) atoms. The molecule has 0 saturated heterocycles. The van der Waals surface area contributed by atoms with Crippen molar-refractivity contribution in [3.05, 3.63) is 28.0 Å². The normalized spacial score (nSPS) is 13.1. The third-order valence-corrected chi connectivity index (χ3v) is 5.12. The predicted octanol–water partition coefficient (Wildman–Crippen LogP) is 2.11. The Hall–Kier alpha value is -0.990. The summed E-state index contributed by atoms with van der Waals surface area (Å²) in [6.45, 7) is 3.75. The lowest BCUT2D eigenvalue weighted by atomic mass is 10.1. The van der Waals surface area contributed by atoms with Crippen LogP contribution in [0.25, 0.3) is 0 Å². The van der Waals surface area contributed by atoms with Crippen molar-refractivity contribution in [3.63, 3.8) is 0 Å². The van der Waals surface area contributed by atoms with Crippen LogP contribution in [0, 0.1) is 5.82 Å². The van der Waals surface area contributed by atoms with Crippen molar-refractivity contribution in [2.45, 2.75) is 31.2 Å². The van der Waals surface area contributed by atoms with Crippen LogP contribution in [-0.2, 0) is 10.0 Å². The molecule has 0 bridgehead atoms. The maximum Gasteiger partial charge on any atom is 0.253 e. The second-order valence-electron chi connectivity index (χ2n) is 4.49. The number of amides is 1. The summed E-state index contributed by atoms with van der Waals surface area (Å²) < 4.78 is 36.3. The number of nitrogens with zero attached hydrogens (tertiary/aromatic N) is 1. The third-order valence-electron chi connectivity index (χ3n) is 3.12. The number of hydrogen-bond donors (Lipinski definition) is 1. The first-order valence-corrected chi connectivity index (χ1v) is 8.22. The van der Waals surface area contributed by atoms with E-state index in [-0.39, 0.29) is 16.1 Å². The molecule has 2 N–H and O–H groups in total. The molecule has 0 aliphatic carbocycles. The molecule has 0 fully saturated rings. The van der Waals surface area contributed by atoms with Crippen molar-refractivity contribution < 1.29 is 17.6 Å². The number of carbonyl (C=O) groups is 1. The minimum Gasteiger partial charge on any atom is -0.339 e. The molecule has 5 nitrogen and oxygen atoms in total. The molecule has 8 heteroatoms. The number of rotatable bonds is 4. The van der Waals surface area contributed by atoms with Gasteiger partial charge in [-0.05, 0) is 41.4 Å². The monoisotopic (exact) mass is 366 g/mol. The summed E-state index contributed by atoms with van der Waals surface area (Å²) in [6, 6.07) is 2.01. The molecule has 0 aliphatic rings. The summed E-state index contributed by atoms with van der Waals surface area (Å²) in [5.74, 6) is -1.31. The van der Waals surface area contributed by atoms with Crippen LogP contribution < -0.4 is 5.14 Å². The highest BCUT2D eigenvalue weighted by molar-refractivity contribution is 9.10. The van der Waals surface area contributed by atoms with E-state index in [9.17, 15) is 17.6 Å². The van der Waals surface area contributed by atoms with Gasteiger partial charge in [-0.2, -0.15) is 0 Å². The molecule has 0 heterocycles. The van der Waals surface area contributed by atoms with Gasteiger partial charge in [0.1, 0.15) is 5.82 Å². The largest absolute Gasteiger partial charge is 0.339 e. The fourth-order valence-electron chi connectivity index (χ4n) is 1.57. The standard InChI is InChI=1S/C12H16BrFN2O3S/c1-4-7(2)16(3)12(17)8-5-9(14)11(13)10(6-8)20(15,18)19/h5-7H,4H2,1-3H3,(H2,15,18,19). The Labute approximate surface area is 126 Å². The molecular formula is C12H16BrFN2O3S. The molecule has 1 amide bonds. The number of nitrogens with two attached hydrogens (primary N) is 1. The smallest absolute Gasteiger partial charge is 0.253 e. The minimum absolute atomic E-state index is 0.0489. The first-order chi connectivity index (χ1) is 9.09. The number of carbonyl (C=O) groups excluding carboxylic acids is 1. The minimum atomic E-state index is -4.12. The Balaban J connectivity index is 3.35. The van der Waals surface area contributed by atoms with Gasteiger partial charge in [0, 0.05) is 18.7 Å². The fraction of sp³-hybridized carbons (Fsp3) is 0.417. The van der Waals surface area contributed by atoms with E-state index in [1.807, 2.05) is 13.8 Å². The molecule has 1 aromatic carbocycles. The molecule has 0 saturated carbocycles. The van der Waals surface area contributed by atoms with E-state index in [4.69, 9.17) is 5.14 Å². The first kappa shape index (κ1) is 17.1. The lowest BCUT2D eigenvalue weighted by molar-refractivity contribution is 0.0739. The Bertz CT molecular complexity index is 634. The third kappa shape index (κ3) is 3.56. The summed E-state index contributed by atoms with van der Waals surface area (Å²) >= 11 is 2.82. The van der Waals surface area contributed by atoms with Gasteiger partial charge in [0.15, 0.2) is 0 Å². The summed E-state index contributed by atoms with van der Waals surface area (Å²) in [4.78, 5) is 13.2. The number of hydrogen-bond acceptors (Lipinski definition) is 3. The molecule has 1 unspecified atom stereocenters. The molecular weight excluding hydrogens is 351 g/mol. The van der Waals surface area contributed by atoms with E-state index in [0.29, 0.717) is 0 Å². The molecule has 1 rings (SSSR count). The number of sulfonamides is 1. The van der Waals surface area contributed by atoms with Crippen LogP contribution in [0.1, 0.15) is 30.6 Å². The van der Waals surface area contributed by atoms with Gasteiger partial charge in [-0.1, -0.05) is 6.92 Å². The number of primary sulfonamides is 1. The van der Waals surface area contributed by atoms with Crippen molar-refractivity contribution in [2.24, 2.45) is 5.14 Å². The summed E-state index contributed by atoms with van der Waals surface area (Å²) in [6.07, 6.45) is 0.725. The Kier molecular flexibility index (Phi) is 5.28. The van der Waals surface area contributed by atoms with Gasteiger partial charge < -0.3 is 4.90 Å². The Morgan fingerprint density at radius 1 is 1.50 bits per heavy atom. The quantitative estimate of drug-likeness (QED) is 0.885. The van der Waals surface area contributed by atoms with E-state index < -0.39 is 26.6 Å². The van der Waals surface area contributed by atoms with E-state index in [0.717, 1.165) is 18.6 Å². The molecule has 0 aliphatic heterocycles. The van der Waals surface area contributed by atoms with E-state index >= 15 is 0 Å². The van der Waals surface area contributed by atoms with Gasteiger partial charge in [0.25, 0.3) is 5.91 Å². The lowest BCUT2D eigenvalue weighted by Crippen LogP contribution is -2.34. The maximum absolute atomic E-state index is 13.7. The van der Waals surface area contributed by atoms with Crippen LogP contribution in [0.3, 0.4) is 0 Å². The second-order valence-corrected chi connectivity index (χ2v) is 6.81. The lowest BCUT2D eigenvalue weighted by Gasteiger charge is -2.24. The summed E-state index contributed by atoms with van der Waals surface area (Å²) in [5.41, 5.74) is -0.0578. The van der Waals surface area contributed by atoms with Gasteiger partial charge in [-0.15, -0.1) is 0 Å². The molecule has 1 atom stereocenters. The van der Waals surface area contributed by atoms with Gasteiger partial charge in [0.05, 0.1) is 9.37 Å². The van der Waals surface area contributed by atoms with Crippen LogP contribution in [0.2, 0.25) is 0 Å². The van der Waals surface area contributed by atoms with E-state index in [2.05, 4.69) is 15.9 Å².